The van der Waals surface area contributed by atoms with Crippen LogP contribution < -0.4 is 14.2 Å². The maximum atomic E-state index is 5.54. The Morgan fingerprint density at radius 3 is 2.79 bits per heavy atom. The Kier molecular flexibility index (Phi) is 6.09. The van der Waals surface area contributed by atoms with Crippen molar-refractivity contribution in [1.29, 1.82) is 0 Å². The van der Waals surface area contributed by atoms with Gasteiger partial charge < -0.3 is 14.2 Å². The van der Waals surface area contributed by atoms with Crippen molar-refractivity contribution < 1.29 is 14.2 Å². The summed E-state index contributed by atoms with van der Waals surface area (Å²) >= 11 is 5.33. The quantitative estimate of drug-likeness (QED) is 0.377. The number of terminal acetylenes is 1. The Hall–Kier alpha value is -3.57. The third kappa shape index (κ3) is 4.05. The Morgan fingerprint density at radius 1 is 1.21 bits per heavy atom. The highest BCUT2D eigenvalue weighted by atomic mass is 32.1. The number of methoxy groups -OCH3 is 2. The standard InChI is InChI=1S/C20H18N4O3S/c1-4-11-27-17-8-6-5-7-14(17)13-21-24-19(22-23-20(24)28)16-10-9-15(25-2)12-18(16)26-3/h1,5-10,12-13H,11H2,2-3H3,(H,23,28)/b21-13-. The fraction of sp³-hybridized carbons (Fsp3) is 0.150. The maximum Gasteiger partial charge on any atom is 0.216 e. The van der Waals surface area contributed by atoms with E-state index in [1.165, 1.54) is 4.68 Å². The lowest BCUT2D eigenvalue weighted by Gasteiger charge is -2.09. The zero-order valence-electron chi connectivity index (χ0n) is 15.4. The number of para-hydroxylation sites is 1. The molecule has 1 aromatic heterocycles. The van der Waals surface area contributed by atoms with Crippen LogP contribution in [0.5, 0.6) is 17.2 Å². The Bertz CT molecular complexity index is 1100. The van der Waals surface area contributed by atoms with Crippen molar-refractivity contribution in [2.24, 2.45) is 5.10 Å². The van der Waals surface area contributed by atoms with Gasteiger partial charge in [-0.05, 0) is 36.5 Å². The number of rotatable bonds is 7. The second-order valence-corrected chi connectivity index (χ2v) is 5.89. The first-order valence-electron chi connectivity index (χ1n) is 8.27. The summed E-state index contributed by atoms with van der Waals surface area (Å²) in [6.07, 6.45) is 6.91. The lowest BCUT2D eigenvalue weighted by molar-refractivity contribution is 0.370. The van der Waals surface area contributed by atoms with Crippen LogP contribution in [-0.2, 0) is 0 Å². The van der Waals surface area contributed by atoms with Gasteiger partial charge in [-0.2, -0.15) is 14.9 Å². The van der Waals surface area contributed by atoms with E-state index < -0.39 is 0 Å². The molecular weight excluding hydrogens is 376 g/mol. The highest BCUT2D eigenvalue weighted by Gasteiger charge is 2.14. The molecule has 142 valence electrons. The summed E-state index contributed by atoms with van der Waals surface area (Å²) in [5, 5.41) is 11.5. The van der Waals surface area contributed by atoms with Crippen LogP contribution >= 0.6 is 12.2 Å². The largest absolute Gasteiger partial charge is 0.497 e. The first kappa shape index (κ1) is 19.2. The molecule has 0 unspecified atom stereocenters. The molecule has 0 fully saturated rings. The third-order valence-corrected chi connectivity index (χ3v) is 4.11. The number of ether oxygens (including phenoxy) is 3. The third-order valence-electron chi connectivity index (χ3n) is 3.84. The predicted molar refractivity (Wildman–Crippen MR) is 110 cm³/mol. The number of hydrogen-bond acceptors (Lipinski definition) is 6. The van der Waals surface area contributed by atoms with Crippen LogP contribution in [0.1, 0.15) is 5.56 Å². The van der Waals surface area contributed by atoms with E-state index in [4.69, 9.17) is 32.9 Å². The lowest BCUT2D eigenvalue weighted by atomic mass is 10.2. The van der Waals surface area contributed by atoms with Crippen LogP contribution in [-0.4, -0.2) is 41.9 Å². The Morgan fingerprint density at radius 2 is 2.04 bits per heavy atom. The van der Waals surface area contributed by atoms with Crippen LogP contribution in [0.15, 0.2) is 47.6 Å². The fourth-order valence-corrected chi connectivity index (χ4v) is 2.69. The van der Waals surface area contributed by atoms with Crippen LogP contribution in [0.3, 0.4) is 0 Å². The van der Waals surface area contributed by atoms with Gasteiger partial charge in [0.15, 0.2) is 5.82 Å². The van der Waals surface area contributed by atoms with Crippen LogP contribution in [0.2, 0.25) is 0 Å². The topological polar surface area (TPSA) is 73.7 Å². The summed E-state index contributed by atoms with van der Waals surface area (Å²) in [7, 11) is 3.17. The fourth-order valence-electron chi connectivity index (χ4n) is 2.51. The number of nitrogens with one attached hydrogen (secondary N) is 1. The van der Waals surface area contributed by atoms with Crippen molar-refractivity contribution >= 4 is 18.4 Å². The lowest BCUT2D eigenvalue weighted by Crippen LogP contribution is -2.00. The van der Waals surface area contributed by atoms with Gasteiger partial charge >= 0.3 is 0 Å². The maximum absolute atomic E-state index is 5.54. The van der Waals surface area contributed by atoms with E-state index in [0.717, 1.165) is 5.56 Å². The molecule has 0 amide bonds. The average Bonchev–Trinajstić information content (AvgIpc) is 3.10. The van der Waals surface area contributed by atoms with Crippen molar-refractivity contribution in [2.75, 3.05) is 20.8 Å². The van der Waals surface area contributed by atoms with E-state index in [0.29, 0.717) is 33.4 Å². The molecule has 0 radical (unpaired) electrons. The Labute approximate surface area is 167 Å². The zero-order chi connectivity index (χ0) is 19.9. The predicted octanol–water partition coefficient (Wildman–Crippen LogP) is 3.52. The molecule has 0 aliphatic carbocycles. The molecule has 0 saturated heterocycles. The first-order chi connectivity index (χ1) is 13.7. The minimum absolute atomic E-state index is 0.171. The molecule has 0 spiro atoms. The van der Waals surface area contributed by atoms with E-state index in [1.54, 1.807) is 26.5 Å². The summed E-state index contributed by atoms with van der Waals surface area (Å²) in [5.74, 6) is 4.83. The molecule has 2 aromatic carbocycles. The smallest absolute Gasteiger partial charge is 0.216 e. The van der Waals surface area contributed by atoms with E-state index in [-0.39, 0.29) is 6.61 Å². The monoisotopic (exact) mass is 394 g/mol. The van der Waals surface area contributed by atoms with Gasteiger partial charge in [-0.15, -0.1) is 6.42 Å². The highest BCUT2D eigenvalue weighted by molar-refractivity contribution is 7.71. The molecule has 0 bridgehead atoms. The van der Waals surface area contributed by atoms with Gasteiger partial charge in [-0.1, -0.05) is 18.1 Å². The number of aromatic nitrogens is 3. The van der Waals surface area contributed by atoms with Gasteiger partial charge in [-0.3, -0.25) is 0 Å². The van der Waals surface area contributed by atoms with Gasteiger partial charge in [0.1, 0.15) is 23.9 Å². The molecule has 8 heteroatoms. The van der Waals surface area contributed by atoms with Crippen LogP contribution in [0.25, 0.3) is 11.4 Å². The van der Waals surface area contributed by atoms with Crippen molar-refractivity contribution in [3.05, 3.63) is 52.8 Å². The summed E-state index contributed by atoms with van der Waals surface area (Å²) in [6, 6.07) is 12.8. The number of hydrogen-bond donors (Lipinski definition) is 1. The van der Waals surface area contributed by atoms with Crippen molar-refractivity contribution in [3.8, 4) is 41.0 Å². The second-order valence-electron chi connectivity index (χ2n) is 5.51. The summed E-state index contributed by atoms with van der Waals surface area (Å²) in [6.45, 7) is 0.171. The minimum Gasteiger partial charge on any atom is -0.497 e. The van der Waals surface area contributed by atoms with Gasteiger partial charge in [0.2, 0.25) is 4.77 Å². The van der Waals surface area contributed by atoms with E-state index in [9.17, 15) is 0 Å². The molecule has 0 saturated carbocycles. The molecule has 0 aliphatic heterocycles. The van der Waals surface area contributed by atoms with E-state index in [2.05, 4.69) is 21.2 Å². The normalized spacial score (nSPS) is 10.6. The molecule has 3 rings (SSSR count). The summed E-state index contributed by atoms with van der Waals surface area (Å²) in [4.78, 5) is 0. The van der Waals surface area contributed by atoms with Crippen molar-refractivity contribution in [2.45, 2.75) is 0 Å². The second kappa shape index (κ2) is 8.88. The molecule has 3 aromatic rings. The summed E-state index contributed by atoms with van der Waals surface area (Å²) in [5.41, 5.74) is 1.47. The highest BCUT2D eigenvalue weighted by Crippen LogP contribution is 2.32. The molecule has 0 aliphatic rings. The SMILES string of the molecule is C#CCOc1ccccc1/C=N\n1c(-c2ccc(OC)cc2OC)n[nH]c1=S. The van der Waals surface area contributed by atoms with Gasteiger partial charge in [0.25, 0.3) is 0 Å². The van der Waals surface area contributed by atoms with Gasteiger partial charge in [-0.25, -0.2) is 5.10 Å². The molecule has 1 N–H and O–H groups in total. The first-order valence-corrected chi connectivity index (χ1v) is 8.68. The number of benzene rings is 2. The van der Waals surface area contributed by atoms with Gasteiger partial charge in [0, 0.05) is 11.6 Å². The number of aromatic amines is 1. The van der Waals surface area contributed by atoms with Crippen LogP contribution in [0.4, 0.5) is 0 Å². The summed E-state index contributed by atoms with van der Waals surface area (Å²) < 4.78 is 18.1. The molecule has 7 nitrogen and oxygen atoms in total. The van der Waals surface area contributed by atoms with E-state index in [1.807, 2.05) is 36.4 Å². The minimum atomic E-state index is 0.171. The average molecular weight is 394 g/mol. The molecule has 0 atom stereocenters. The van der Waals surface area contributed by atoms with Crippen molar-refractivity contribution in [3.63, 3.8) is 0 Å². The molecule has 1 heterocycles. The van der Waals surface area contributed by atoms with Crippen molar-refractivity contribution in [1.82, 2.24) is 14.9 Å². The number of H-pyrrole nitrogens is 1. The van der Waals surface area contributed by atoms with E-state index >= 15 is 0 Å². The molecular formula is C20H18N4O3S. The Balaban J connectivity index is 2.01. The van der Waals surface area contributed by atoms with Gasteiger partial charge in [0.05, 0.1) is 26.0 Å². The van der Waals surface area contributed by atoms with Crippen LogP contribution in [0, 0.1) is 17.1 Å². The number of nitrogens with zero attached hydrogens (tertiary/aromatic N) is 3. The molecule has 28 heavy (non-hydrogen) atoms. The zero-order valence-corrected chi connectivity index (χ0v) is 16.2.